The van der Waals surface area contributed by atoms with E-state index in [9.17, 15) is 14.9 Å². The largest absolute Gasteiger partial charge is 0.350 e. The summed E-state index contributed by atoms with van der Waals surface area (Å²) in [6, 6.07) is 4.19. The maximum absolute atomic E-state index is 12.7. The topological polar surface area (TPSA) is 75.5 Å². The van der Waals surface area contributed by atoms with E-state index in [1.54, 1.807) is 0 Å². The molecule has 1 aromatic carbocycles. The first-order chi connectivity index (χ1) is 12.5. The summed E-state index contributed by atoms with van der Waals surface area (Å²) >= 11 is 5.85. The highest BCUT2D eigenvalue weighted by atomic mass is 35.5. The molecule has 3 rings (SSSR count). The van der Waals surface area contributed by atoms with E-state index < -0.39 is 10.8 Å². The highest BCUT2D eigenvalue weighted by Gasteiger charge is 2.38. The molecule has 0 bridgehead atoms. The first-order valence-corrected chi connectivity index (χ1v) is 9.87. The Morgan fingerprint density at radius 1 is 1.15 bits per heavy atom. The van der Waals surface area contributed by atoms with E-state index in [0.29, 0.717) is 6.54 Å². The fourth-order valence-electron chi connectivity index (χ4n) is 4.37. The average molecular weight is 380 g/mol. The quantitative estimate of drug-likeness (QED) is 0.615. The third-order valence-corrected chi connectivity index (χ3v) is 6.03. The van der Waals surface area contributed by atoms with Crippen molar-refractivity contribution in [1.29, 1.82) is 0 Å². The van der Waals surface area contributed by atoms with Crippen molar-refractivity contribution in [3.05, 3.63) is 38.9 Å². The number of hydrogen-bond donors (Lipinski definition) is 1. The number of carbonyl (C=O) groups is 1. The molecule has 1 aliphatic carbocycles. The average Bonchev–Trinajstić information content (AvgIpc) is 2.67. The van der Waals surface area contributed by atoms with Crippen molar-refractivity contribution in [3.63, 3.8) is 0 Å². The highest BCUT2D eigenvalue weighted by Crippen LogP contribution is 2.35. The van der Waals surface area contributed by atoms with Crippen LogP contribution in [0.2, 0.25) is 5.02 Å². The number of nitrogens with one attached hydrogen (secondary N) is 1. The van der Waals surface area contributed by atoms with Crippen LogP contribution in [0.4, 0.5) is 5.69 Å². The summed E-state index contributed by atoms with van der Waals surface area (Å²) in [5.41, 5.74) is -0.176. The molecule has 0 spiro atoms. The lowest BCUT2D eigenvalue weighted by atomic mass is 9.79. The van der Waals surface area contributed by atoms with E-state index in [2.05, 4.69) is 10.2 Å². The second-order valence-corrected chi connectivity index (χ2v) is 7.87. The lowest BCUT2D eigenvalue weighted by Gasteiger charge is -2.48. The number of halogens is 1. The van der Waals surface area contributed by atoms with Crippen LogP contribution in [0.1, 0.15) is 61.7 Å². The first kappa shape index (κ1) is 19.1. The zero-order chi connectivity index (χ0) is 18.6. The summed E-state index contributed by atoms with van der Waals surface area (Å²) in [7, 11) is 0. The van der Waals surface area contributed by atoms with Gasteiger partial charge < -0.3 is 5.32 Å². The van der Waals surface area contributed by atoms with Crippen LogP contribution in [0.15, 0.2) is 18.2 Å². The second kappa shape index (κ2) is 8.35. The molecule has 1 amide bonds. The van der Waals surface area contributed by atoms with Crippen molar-refractivity contribution < 1.29 is 9.72 Å². The van der Waals surface area contributed by atoms with Crippen molar-refractivity contribution in [2.45, 2.75) is 56.9 Å². The van der Waals surface area contributed by atoms with Crippen LogP contribution in [-0.2, 0) is 0 Å². The molecule has 26 heavy (non-hydrogen) atoms. The van der Waals surface area contributed by atoms with Gasteiger partial charge in [-0.3, -0.25) is 19.8 Å². The summed E-state index contributed by atoms with van der Waals surface area (Å²) in [5, 5.41) is 14.5. The molecule has 2 aliphatic rings. The van der Waals surface area contributed by atoms with Gasteiger partial charge in [-0.2, -0.15) is 0 Å². The molecule has 7 heteroatoms. The number of piperidine rings is 1. The number of carbonyl (C=O) groups excluding carboxylic acids is 1. The number of nitro groups is 1. The van der Waals surface area contributed by atoms with Gasteiger partial charge in [0.15, 0.2) is 0 Å². The highest BCUT2D eigenvalue weighted by molar-refractivity contribution is 6.31. The van der Waals surface area contributed by atoms with Gasteiger partial charge in [0.25, 0.3) is 11.6 Å². The number of nitrogens with zero attached hydrogens (tertiary/aromatic N) is 2. The van der Waals surface area contributed by atoms with Crippen molar-refractivity contribution in [1.82, 2.24) is 10.2 Å². The van der Waals surface area contributed by atoms with Crippen LogP contribution < -0.4 is 5.32 Å². The third-order valence-electron chi connectivity index (χ3n) is 5.79. The molecule has 0 radical (unpaired) electrons. The minimum Gasteiger partial charge on any atom is -0.350 e. The van der Waals surface area contributed by atoms with Crippen LogP contribution in [-0.4, -0.2) is 40.9 Å². The molecule has 2 fully saturated rings. The lowest BCUT2D eigenvalue weighted by molar-refractivity contribution is -0.385. The van der Waals surface area contributed by atoms with Crippen LogP contribution in [0.25, 0.3) is 0 Å². The van der Waals surface area contributed by atoms with Crippen molar-refractivity contribution >= 4 is 23.2 Å². The van der Waals surface area contributed by atoms with E-state index in [-0.39, 0.29) is 21.8 Å². The third kappa shape index (κ3) is 4.18. The van der Waals surface area contributed by atoms with Crippen LogP contribution in [0, 0.1) is 10.1 Å². The number of hydrogen-bond acceptors (Lipinski definition) is 4. The fourth-order valence-corrected chi connectivity index (χ4v) is 4.54. The molecule has 1 aliphatic heterocycles. The predicted octanol–water partition coefficient (Wildman–Crippen LogP) is 4.17. The van der Waals surface area contributed by atoms with Crippen LogP contribution in [0.5, 0.6) is 0 Å². The molecule has 6 nitrogen and oxygen atoms in total. The summed E-state index contributed by atoms with van der Waals surface area (Å²) < 4.78 is 0. The standard InChI is InChI=1S/C19H26ClN3O3/c20-15-7-8-16(17(13-15)23(25)26)18(24)21-14-19(9-3-1-4-10-19)22-11-5-2-6-12-22/h7-8,13H,1-6,9-12,14H2,(H,21,24). The Hall–Kier alpha value is -1.66. The monoisotopic (exact) mass is 379 g/mol. The van der Waals surface area contributed by atoms with Crippen molar-refractivity contribution in [2.24, 2.45) is 0 Å². The maximum Gasteiger partial charge on any atom is 0.283 e. The molecule has 0 unspecified atom stereocenters. The fraction of sp³-hybridized carbons (Fsp3) is 0.632. The van der Waals surface area contributed by atoms with Crippen LogP contribution in [0.3, 0.4) is 0 Å². The van der Waals surface area contributed by atoms with E-state index in [4.69, 9.17) is 11.6 Å². The lowest BCUT2D eigenvalue weighted by Crippen LogP contribution is -2.58. The van der Waals surface area contributed by atoms with Gasteiger partial charge in [0.2, 0.25) is 0 Å². The van der Waals surface area contributed by atoms with Gasteiger partial charge in [-0.25, -0.2) is 0 Å². The van der Waals surface area contributed by atoms with E-state index in [1.807, 2.05) is 0 Å². The number of amides is 1. The molecule has 0 aromatic heterocycles. The van der Waals surface area contributed by atoms with Gasteiger partial charge in [0.1, 0.15) is 5.56 Å². The summed E-state index contributed by atoms with van der Waals surface area (Å²) in [4.78, 5) is 25.9. The van der Waals surface area contributed by atoms with Gasteiger partial charge in [0.05, 0.1) is 4.92 Å². The molecular formula is C19H26ClN3O3. The maximum atomic E-state index is 12.7. The summed E-state index contributed by atoms with van der Waals surface area (Å²) in [6.07, 6.45) is 9.44. The Morgan fingerprint density at radius 2 is 1.81 bits per heavy atom. The molecular weight excluding hydrogens is 354 g/mol. The van der Waals surface area contributed by atoms with Crippen molar-refractivity contribution in [2.75, 3.05) is 19.6 Å². The van der Waals surface area contributed by atoms with E-state index >= 15 is 0 Å². The zero-order valence-electron chi connectivity index (χ0n) is 15.0. The number of benzene rings is 1. The van der Waals surface area contributed by atoms with Crippen molar-refractivity contribution in [3.8, 4) is 0 Å². The minimum atomic E-state index is -0.554. The molecule has 1 saturated heterocycles. The Balaban J connectivity index is 1.75. The summed E-state index contributed by atoms with van der Waals surface area (Å²) in [6.45, 7) is 2.71. The molecule has 0 atom stereocenters. The Labute approximate surface area is 159 Å². The predicted molar refractivity (Wildman–Crippen MR) is 102 cm³/mol. The zero-order valence-corrected chi connectivity index (χ0v) is 15.8. The first-order valence-electron chi connectivity index (χ1n) is 9.49. The Morgan fingerprint density at radius 3 is 2.46 bits per heavy atom. The minimum absolute atomic E-state index is 0.00443. The smallest absolute Gasteiger partial charge is 0.283 e. The molecule has 1 saturated carbocycles. The SMILES string of the molecule is O=C(NCC1(N2CCCCC2)CCCCC1)c1ccc(Cl)cc1[N+](=O)[O-]. The molecule has 1 heterocycles. The van der Waals surface area contributed by atoms with Gasteiger partial charge in [0, 0.05) is 23.2 Å². The number of likely N-dealkylation sites (tertiary alicyclic amines) is 1. The van der Waals surface area contributed by atoms with Gasteiger partial charge in [-0.15, -0.1) is 0 Å². The second-order valence-electron chi connectivity index (χ2n) is 7.43. The van der Waals surface area contributed by atoms with Gasteiger partial charge >= 0.3 is 0 Å². The van der Waals surface area contributed by atoms with E-state index in [0.717, 1.165) is 25.9 Å². The normalized spacial score (nSPS) is 20.5. The van der Waals surface area contributed by atoms with E-state index in [1.165, 1.54) is 56.7 Å². The molecule has 142 valence electrons. The van der Waals surface area contributed by atoms with Gasteiger partial charge in [-0.05, 0) is 50.9 Å². The molecule has 1 aromatic rings. The van der Waals surface area contributed by atoms with Gasteiger partial charge in [-0.1, -0.05) is 37.3 Å². The number of rotatable bonds is 5. The summed E-state index contributed by atoms with van der Waals surface area (Å²) in [5.74, 6) is -0.393. The van der Waals surface area contributed by atoms with Crippen LogP contribution >= 0.6 is 11.6 Å². The Kier molecular flexibility index (Phi) is 6.14. The molecule has 1 N–H and O–H groups in total. The Bertz CT molecular complexity index is 668. The number of nitro benzene ring substituents is 1.